The zero-order chi connectivity index (χ0) is 21.1. The summed E-state index contributed by atoms with van der Waals surface area (Å²) in [5.41, 5.74) is 4.52. The van der Waals surface area contributed by atoms with Crippen LogP contribution in [0.4, 0.5) is 5.69 Å². The van der Waals surface area contributed by atoms with Gasteiger partial charge in [0.05, 0.1) is 40.3 Å². The fraction of sp³-hybridized carbons (Fsp3) is 0.136. The van der Waals surface area contributed by atoms with Crippen molar-refractivity contribution in [3.05, 3.63) is 58.2 Å². The molecule has 2 heterocycles. The van der Waals surface area contributed by atoms with Crippen molar-refractivity contribution in [2.24, 2.45) is 0 Å². The van der Waals surface area contributed by atoms with E-state index in [2.05, 4.69) is 34.3 Å². The lowest BCUT2D eigenvalue weighted by molar-refractivity contribution is 0.415. The first-order valence-corrected chi connectivity index (χ1v) is 12.6. The van der Waals surface area contributed by atoms with Gasteiger partial charge >= 0.3 is 0 Å². The van der Waals surface area contributed by atoms with Crippen LogP contribution in [0.25, 0.3) is 21.3 Å². The first kappa shape index (κ1) is 20.4. The second-order valence-corrected chi connectivity index (χ2v) is 10.3. The van der Waals surface area contributed by atoms with E-state index in [1.165, 1.54) is 24.1 Å². The number of sulfone groups is 1. The number of ether oxygens (including phenoxy) is 1. The fourth-order valence-electron chi connectivity index (χ4n) is 3.04. The van der Waals surface area contributed by atoms with Gasteiger partial charge in [0.1, 0.15) is 5.75 Å². The molecule has 0 saturated heterocycles. The average Bonchev–Trinajstić information content (AvgIpc) is 3.37. The Bertz CT molecular complexity index is 1360. The Labute approximate surface area is 183 Å². The van der Waals surface area contributed by atoms with E-state index in [9.17, 15) is 8.42 Å². The first-order chi connectivity index (χ1) is 14.5. The number of methoxy groups -OCH3 is 1. The summed E-state index contributed by atoms with van der Waals surface area (Å²) in [6.45, 7) is 0.388. The molecular formula is C22H18N2O3S3. The number of nitrogens with zero attached hydrogens (tertiary/aromatic N) is 1. The number of nitrogens with one attached hydrogen (secondary N) is 1. The smallest absolute Gasteiger partial charge is 0.175 e. The average molecular weight is 455 g/mol. The zero-order valence-corrected chi connectivity index (χ0v) is 18.7. The van der Waals surface area contributed by atoms with Gasteiger partial charge in [-0.05, 0) is 18.2 Å². The molecule has 0 radical (unpaired) electrons. The number of rotatable bonds is 5. The molecular weight excluding hydrogens is 436 g/mol. The monoisotopic (exact) mass is 454 g/mol. The number of hydrogen-bond donors (Lipinski definition) is 1. The van der Waals surface area contributed by atoms with Crippen LogP contribution >= 0.6 is 22.7 Å². The third-order valence-corrected chi connectivity index (χ3v) is 7.24. The lowest BCUT2D eigenvalue weighted by Gasteiger charge is -2.10. The van der Waals surface area contributed by atoms with Crippen molar-refractivity contribution < 1.29 is 13.2 Å². The first-order valence-electron chi connectivity index (χ1n) is 8.98. The van der Waals surface area contributed by atoms with E-state index < -0.39 is 9.84 Å². The van der Waals surface area contributed by atoms with E-state index in [0.29, 0.717) is 18.0 Å². The van der Waals surface area contributed by atoms with Crippen LogP contribution in [-0.2, 0) is 9.84 Å². The summed E-state index contributed by atoms with van der Waals surface area (Å²) in [4.78, 5) is 5.66. The molecule has 5 nitrogen and oxygen atoms in total. The highest BCUT2D eigenvalue weighted by atomic mass is 32.2. The summed E-state index contributed by atoms with van der Waals surface area (Å²) in [6.07, 6.45) is 1.17. The molecule has 0 aliphatic rings. The highest BCUT2D eigenvalue weighted by Crippen LogP contribution is 2.38. The summed E-state index contributed by atoms with van der Waals surface area (Å²) in [7, 11) is -1.78. The number of benzene rings is 2. The topological polar surface area (TPSA) is 68.3 Å². The van der Waals surface area contributed by atoms with Crippen molar-refractivity contribution in [2.45, 2.75) is 4.90 Å². The Morgan fingerprint density at radius 2 is 2.03 bits per heavy atom. The van der Waals surface area contributed by atoms with Gasteiger partial charge in [-0.1, -0.05) is 30.0 Å². The normalized spacial score (nSPS) is 11.1. The lowest BCUT2D eigenvalue weighted by atomic mass is 10.1. The van der Waals surface area contributed by atoms with Gasteiger partial charge < -0.3 is 10.1 Å². The van der Waals surface area contributed by atoms with Crippen molar-refractivity contribution in [1.29, 1.82) is 0 Å². The molecule has 0 aliphatic carbocycles. The van der Waals surface area contributed by atoms with Gasteiger partial charge in [0.2, 0.25) is 0 Å². The highest BCUT2D eigenvalue weighted by Gasteiger charge is 2.14. The maximum Gasteiger partial charge on any atom is 0.175 e. The molecule has 30 heavy (non-hydrogen) atoms. The Balaban J connectivity index is 1.59. The van der Waals surface area contributed by atoms with Crippen LogP contribution in [0.1, 0.15) is 4.88 Å². The van der Waals surface area contributed by atoms with Crippen LogP contribution in [0, 0.1) is 11.8 Å². The molecule has 0 aliphatic heterocycles. The molecule has 1 N–H and O–H groups in total. The molecule has 0 spiro atoms. The number of fused-ring (bicyclic) bond motifs is 1. The number of hydrogen-bond acceptors (Lipinski definition) is 7. The van der Waals surface area contributed by atoms with Crippen molar-refractivity contribution >= 4 is 48.3 Å². The van der Waals surface area contributed by atoms with Gasteiger partial charge in [-0.3, -0.25) is 0 Å². The van der Waals surface area contributed by atoms with Gasteiger partial charge in [0, 0.05) is 33.4 Å². The third-order valence-electron chi connectivity index (χ3n) is 4.45. The molecule has 152 valence electrons. The summed E-state index contributed by atoms with van der Waals surface area (Å²) in [5, 5.41) is 6.39. The Hall–Kier alpha value is -2.86. The molecule has 4 aromatic rings. The molecule has 0 atom stereocenters. The number of thiophene rings is 1. The van der Waals surface area contributed by atoms with Gasteiger partial charge in [-0.25, -0.2) is 13.4 Å². The number of anilines is 1. The Morgan fingerprint density at radius 3 is 2.77 bits per heavy atom. The zero-order valence-electron chi connectivity index (χ0n) is 16.3. The minimum atomic E-state index is -3.29. The molecule has 4 rings (SSSR count). The van der Waals surface area contributed by atoms with Crippen LogP contribution in [-0.4, -0.2) is 33.3 Å². The van der Waals surface area contributed by atoms with Crippen molar-refractivity contribution in [1.82, 2.24) is 4.98 Å². The second-order valence-electron chi connectivity index (χ2n) is 6.47. The molecule has 2 aromatic carbocycles. The highest BCUT2D eigenvalue weighted by molar-refractivity contribution is 7.90. The quantitative estimate of drug-likeness (QED) is 0.435. The summed E-state index contributed by atoms with van der Waals surface area (Å²) in [6, 6.07) is 13.0. The molecule has 0 unspecified atom stereocenters. The largest absolute Gasteiger partial charge is 0.495 e. The van der Waals surface area contributed by atoms with Gasteiger partial charge in [0.15, 0.2) is 9.84 Å². The van der Waals surface area contributed by atoms with Crippen LogP contribution in [0.2, 0.25) is 0 Å². The van der Waals surface area contributed by atoms with Crippen LogP contribution in [0.15, 0.2) is 58.3 Å². The molecule has 2 aromatic heterocycles. The van der Waals surface area contributed by atoms with Gasteiger partial charge in [-0.15, -0.1) is 22.7 Å². The molecule has 0 amide bonds. The minimum Gasteiger partial charge on any atom is -0.495 e. The molecule has 0 saturated carbocycles. The molecule has 0 fully saturated rings. The maximum absolute atomic E-state index is 11.7. The Morgan fingerprint density at radius 1 is 1.20 bits per heavy atom. The third kappa shape index (κ3) is 4.19. The van der Waals surface area contributed by atoms with Crippen LogP contribution in [0.3, 0.4) is 0 Å². The van der Waals surface area contributed by atoms with E-state index in [0.717, 1.165) is 21.5 Å². The fourth-order valence-corrected chi connectivity index (χ4v) is 5.30. The van der Waals surface area contributed by atoms with E-state index in [-0.39, 0.29) is 4.90 Å². The van der Waals surface area contributed by atoms with E-state index >= 15 is 0 Å². The predicted molar refractivity (Wildman–Crippen MR) is 124 cm³/mol. The second kappa shape index (κ2) is 8.48. The van der Waals surface area contributed by atoms with Crippen LogP contribution < -0.4 is 10.1 Å². The summed E-state index contributed by atoms with van der Waals surface area (Å²) < 4.78 is 30.0. The molecule has 8 heteroatoms. The Kier molecular flexibility index (Phi) is 5.77. The van der Waals surface area contributed by atoms with Crippen molar-refractivity contribution in [2.75, 3.05) is 25.2 Å². The van der Waals surface area contributed by atoms with Crippen LogP contribution in [0.5, 0.6) is 5.75 Å². The van der Waals surface area contributed by atoms with E-state index in [1.54, 1.807) is 34.8 Å². The number of thiazole rings is 1. The SMILES string of the molecule is COc1cc(S(C)(=O)=O)ccc1NCC#Cc1sc2ccccc2c1-c1cscn1. The number of aromatic nitrogens is 1. The van der Waals surface area contributed by atoms with E-state index in [1.807, 2.05) is 23.0 Å². The lowest BCUT2D eigenvalue weighted by Crippen LogP contribution is -2.03. The van der Waals surface area contributed by atoms with E-state index in [4.69, 9.17) is 4.74 Å². The summed E-state index contributed by atoms with van der Waals surface area (Å²) >= 11 is 3.22. The van der Waals surface area contributed by atoms with Crippen molar-refractivity contribution in [3.63, 3.8) is 0 Å². The molecule has 0 bridgehead atoms. The minimum absolute atomic E-state index is 0.217. The van der Waals surface area contributed by atoms with Crippen molar-refractivity contribution in [3.8, 4) is 28.8 Å². The maximum atomic E-state index is 11.7. The standard InChI is InChI=1S/C22H18N2O3S3/c1-27-19-12-15(30(2,25)26)9-10-17(19)23-11-5-8-21-22(18-13-28-14-24-18)16-6-3-4-7-20(16)29-21/h3-4,6-7,9-10,12-14,23H,11H2,1-2H3. The van der Waals surface area contributed by atoms with Gasteiger partial charge in [0.25, 0.3) is 0 Å². The van der Waals surface area contributed by atoms with Gasteiger partial charge in [-0.2, -0.15) is 0 Å². The predicted octanol–water partition coefficient (Wildman–Crippen LogP) is 4.90. The summed E-state index contributed by atoms with van der Waals surface area (Å²) in [5.74, 6) is 6.89.